The number of nitrogens with one attached hydrogen (secondary N) is 1. The third kappa shape index (κ3) is 5.45. The molecule has 34 heavy (non-hydrogen) atoms. The summed E-state index contributed by atoms with van der Waals surface area (Å²) in [6.45, 7) is 7.64. The lowest BCUT2D eigenvalue weighted by Gasteiger charge is -2.10. The van der Waals surface area contributed by atoms with E-state index in [-0.39, 0.29) is 11.7 Å². The van der Waals surface area contributed by atoms with E-state index in [1.165, 1.54) is 16.6 Å². The molecule has 1 aromatic carbocycles. The maximum atomic E-state index is 12.7. The number of fused-ring (bicyclic) bond motifs is 1. The Bertz CT molecular complexity index is 1190. The molecule has 0 fully saturated rings. The van der Waals surface area contributed by atoms with Gasteiger partial charge < -0.3 is 14.6 Å². The molecule has 1 N–H and O–H groups in total. The first-order valence-electron chi connectivity index (χ1n) is 11.6. The van der Waals surface area contributed by atoms with Crippen molar-refractivity contribution in [2.24, 2.45) is 5.92 Å². The van der Waals surface area contributed by atoms with Crippen LogP contribution in [0.4, 0.5) is 5.00 Å². The topological polar surface area (TPSA) is 92.8 Å². The van der Waals surface area contributed by atoms with Gasteiger partial charge in [-0.25, -0.2) is 0 Å². The van der Waals surface area contributed by atoms with Crippen LogP contribution in [0.3, 0.4) is 0 Å². The molecule has 0 unspecified atom stereocenters. The number of thioether (sulfide) groups is 1. The normalized spacial score (nSPS) is 12.9. The molecule has 0 bridgehead atoms. The van der Waals surface area contributed by atoms with Gasteiger partial charge in [0.1, 0.15) is 16.8 Å². The van der Waals surface area contributed by atoms with E-state index in [4.69, 9.17) is 4.74 Å². The summed E-state index contributed by atoms with van der Waals surface area (Å²) in [6.07, 6.45) is 4.16. The molecule has 7 nitrogen and oxygen atoms in total. The molecule has 3 aromatic rings. The van der Waals surface area contributed by atoms with Crippen molar-refractivity contribution < 1.29 is 9.53 Å². The average Bonchev–Trinajstić information content (AvgIpc) is 3.41. The van der Waals surface area contributed by atoms with E-state index in [1.54, 1.807) is 11.3 Å². The number of ether oxygens (including phenoxy) is 1. The number of nitrogens with zero attached hydrogens (tertiary/aromatic N) is 4. The zero-order valence-electron chi connectivity index (χ0n) is 19.8. The van der Waals surface area contributed by atoms with Gasteiger partial charge in [-0.05, 0) is 68.4 Å². The molecular formula is C25H29N5O2S2. The first-order valence-corrected chi connectivity index (χ1v) is 13.4. The maximum absolute atomic E-state index is 12.7. The van der Waals surface area contributed by atoms with E-state index in [2.05, 4.69) is 35.4 Å². The van der Waals surface area contributed by atoms with Crippen molar-refractivity contribution in [2.45, 2.75) is 58.2 Å². The summed E-state index contributed by atoms with van der Waals surface area (Å²) in [5, 5.41) is 22.6. The zero-order chi connectivity index (χ0) is 24.1. The lowest BCUT2D eigenvalue weighted by atomic mass is 9.96. The molecular weight excluding hydrogens is 466 g/mol. The first kappa shape index (κ1) is 24.3. The fourth-order valence-corrected chi connectivity index (χ4v) is 5.98. The van der Waals surface area contributed by atoms with Gasteiger partial charge in [-0.15, -0.1) is 21.5 Å². The highest BCUT2D eigenvalue weighted by Crippen LogP contribution is 2.37. The van der Waals surface area contributed by atoms with E-state index in [0.717, 1.165) is 48.4 Å². The molecule has 0 atom stereocenters. The Balaban J connectivity index is 1.41. The Morgan fingerprint density at radius 2 is 2.03 bits per heavy atom. The van der Waals surface area contributed by atoms with Crippen LogP contribution in [0.25, 0.3) is 11.4 Å². The van der Waals surface area contributed by atoms with Gasteiger partial charge in [0.2, 0.25) is 5.91 Å². The van der Waals surface area contributed by atoms with Gasteiger partial charge in [-0.3, -0.25) is 4.79 Å². The molecule has 2 aromatic heterocycles. The minimum absolute atomic E-state index is 0.140. The molecule has 4 rings (SSSR count). The Hall–Kier alpha value is -2.83. The summed E-state index contributed by atoms with van der Waals surface area (Å²) in [5.74, 6) is 2.13. The van der Waals surface area contributed by atoms with Crippen molar-refractivity contribution in [3.8, 4) is 23.2 Å². The van der Waals surface area contributed by atoms with Gasteiger partial charge in [0.25, 0.3) is 0 Å². The Morgan fingerprint density at radius 3 is 2.74 bits per heavy atom. The van der Waals surface area contributed by atoms with Crippen LogP contribution in [0, 0.1) is 17.2 Å². The minimum Gasteiger partial charge on any atom is -0.493 e. The van der Waals surface area contributed by atoms with Gasteiger partial charge in [0.05, 0.1) is 17.9 Å². The molecule has 0 saturated heterocycles. The highest BCUT2D eigenvalue weighted by atomic mass is 32.2. The Labute approximate surface area is 208 Å². The number of aryl methyl sites for hydroxylation is 1. The van der Waals surface area contributed by atoms with Gasteiger partial charge in [0.15, 0.2) is 11.0 Å². The van der Waals surface area contributed by atoms with E-state index >= 15 is 0 Å². The number of carbonyl (C=O) groups excluding carboxylic acids is 1. The number of aromatic nitrogens is 3. The summed E-state index contributed by atoms with van der Waals surface area (Å²) >= 11 is 2.90. The number of benzene rings is 1. The standard InChI is InChI=1S/C25H29N5O2S2/c1-4-30-23(17-9-11-18(12-10-17)32-14-16(2)3)28-29-25(30)33-15-22(31)27-24-20(13-26)19-7-5-6-8-21(19)34-24/h9-12,16H,4-8,14-15H2,1-3H3,(H,27,31). The molecule has 0 radical (unpaired) electrons. The molecule has 178 valence electrons. The summed E-state index contributed by atoms with van der Waals surface area (Å²) in [7, 11) is 0. The van der Waals surface area contributed by atoms with Crippen molar-refractivity contribution in [3.05, 3.63) is 40.3 Å². The molecule has 0 spiro atoms. The first-order chi connectivity index (χ1) is 16.5. The van der Waals surface area contributed by atoms with Gasteiger partial charge in [0, 0.05) is 17.0 Å². The van der Waals surface area contributed by atoms with Crippen LogP contribution in [0.5, 0.6) is 5.75 Å². The molecule has 9 heteroatoms. The van der Waals surface area contributed by atoms with Crippen LogP contribution in [0.15, 0.2) is 29.4 Å². The van der Waals surface area contributed by atoms with Gasteiger partial charge in [-0.1, -0.05) is 25.6 Å². The van der Waals surface area contributed by atoms with Crippen molar-refractivity contribution in [1.82, 2.24) is 14.8 Å². The summed E-state index contributed by atoms with van der Waals surface area (Å²) in [6, 6.07) is 10.1. The minimum atomic E-state index is -0.140. The predicted molar refractivity (Wildman–Crippen MR) is 136 cm³/mol. The number of hydrogen-bond donors (Lipinski definition) is 1. The average molecular weight is 496 g/mol. The van der Waals surface area contributed by atoms with Crippen molar-refractivity contribution in [3.63, 3.8) is 0 Å². The van der Waals surface area contributed by atoms with Crippen LogP contribution < -0.4 is 10.1 Å². The smallest absolute Gasteiger partial charge is 0.235 e. The Morgan fingerprint density at radius 1 is 1.26 bits per heavy atom. The number of thiophene rings is 1. The van der Waals surface area contributed by atoms with Crippen LogP contribution in [-0.4, -0.2) is 33.0 Å². The fourth-order valence-electron chi connectivity index (χ4n) is 3.92. The second-order valence-electron chi connectivity index (χ2n) is 8.64. The lowest BCUT2D eigenvalue weighted by Crippen LogP contribution is -2.14. The third-order valence-corrected chi connectivity index (χ3v) is 7.77. The van der Waals surface area contributed by atoms with Crippen LogP contribution >= 0.6 is 23.1 Å². The van der Waals surface area contributed by atoms with Crippen LogP contribution in [0.1, 0.15) is 49.6 Å². The largest absolute Gasteiger partial charge is 0.493 e. The number of rotatable bonds is 9. The molecule has 1 amide bonds. The van der Waals surface area contributed by atoms with E-state index in [1.807, 2.05) is 35.8 Å². The Kier molecular flexibility index (Phi) is 7.91. The molecule has 1 aliphatic carbocycles. The number of amides is 1. The number of anilines is 1. The van der Waals surface area contributed by atoms with E-state index in [0.29, 0.717) is 34.8 Å². The quantitative estimate of drug-likeness (QED) is 0.392. The predicted octanol–water partition coefficient (Wildman–Crippen LogP) is 5.54. The summed E-state index contributed by atoms with van der Waals surface area (Å²) in [5.41, 5.74) is 2.71. The summed E-state index contributed by atoms with van der Waals surface area (Å²) in [4.78, 5) is 13.9. The molecule has 1 aliphatic rings. The van der Waals surface area contributed by atoms with E-state index in [9.17, 15) is 10.1 Å². The monoisotopic (exact) mass is 495 g/mol. The molecule has 0 aliphatic heterocycles. The number of nitriles is 1. The van der Waals surface area contributed by atoms with E-state index < -0.39 is 0 Å². The summed E-state index contributed by atoms with van der Waals surface area (Å²) < 4.78 is 7.77. The number of hydrogen-bond acceptors (Lipinski definition) is 7. The van der Waals surface area contributed by atoms with Crippen molar-refractivity contribution in [2.75, 3.05) is 17.7 Å². The maximum Gasteiger partial charge on any atom is 0.235 e. The molecule has 0 saturated carbocycles. The lowest BCUT2D eigenvalue weighted by molar-refractivity contribution is -0.113. The van der Waals surface area contributed by atoms with Crippen LogP contribution in [0.2, 0.25) is 0 Å². The zero-order valence-corrected chi connectivity index (χ0v) is 21.4. The molecule has 2 heterocycles. The highest BCUT2D eigenvalue weighted by molar-refractivity contribution is 7.99. The number of carbonyl (C=O) groups is 1. The second kappa shape index (κ2) is 11.1. The van der Waals surface area contributed by atoms with Crippen molar-refractivity contribution in [1.29, 1.82) is 5.26 Å². The van der Waals surface area contributed by atoms with Gasteiger partial charge in [-0.2, -0.15) is 5.26 Å². The second-order valence-corrected chi connectivity index (χ2v) is 10.7. The van der Waals surface area contributed by atoms with Gasteiger partial charge >= 0.3 is 0 Å². The van der Waals surface area contributed by atoms with Crippen LogP contribution in [-0.2, 0) is 24.2 Å². The third-order valence-electron chi connectivity index (χ3n) is 5.60. The van der Waals surface area contributed by atoms with Crippen molar-refractivity contribution >= 4 is 34.0 Å². The fraction of sp³-hybridized carbons (Fsp3) is 0.440. The highest BCUT2D eigenvalue weighted by Gasteiger charge is 2.22. The SMILES string of the molecule is CCn1c(SCC(=O)Nc2sc3c(c2C#N)CCCC3)nnc1-c1ccc(OCC(C)C)cc1.